The molecule has 0 radical (unpaired) electrons. The van der Waals surface area contributed by atoms with Gasteiger partial charge in [-0.3, -0.25) is 9.59 Å². The molecule has 3 rings (SSSR count). The SMILES string of the molecule is CC1(C(=O)O)CCN(C(=O)c2ccc(S(=O)(=O)NCC3CCCO3)cc2)C1. The van der Waals surface area contributed by atoms with Gasteiger partial charge in [-0.2, -0.15) is 0 Å². The lowest BCUT2D eigenvalue weighted by Gasteiger charge is -2.20. The molecule has 2 aliphatic heterocycles. The zero-order valence-corrected chi connectivity index (χ0v) is 16.0. The number of hydrogen-bond donors (Lipinski definition) is 2. The lowest BCUT2D eigenvalue weighted by atomic mass is 9.90. The molecule has 2 fully saturated rings. The lowest BCUT2D eigenvalue weighted by molar-refractivity contribution is -0.147. The highest BCUT2D eigenvalue weighted by Crippen LogP contribution is 2.31. The molecule has 0 aliphatic carbocycles. The van der Waals surface area contributed by atoms with Gasteiger partial charge in [-0.05, 0) is 50.5 Å². The van der Waals surface area contributed by atoms with E-state index < -0.39 is 21.4 Å². The van der Waals surface area contributed by atoms with Gasteiger partial charge in [0.2, 0.25) is 10.0 Å². The van der Waals surface area contributed by atoms with Crippen molar-refractivity contribution in [2.24, 2.45) is 5.41 Å². The van der Waals surface area contributed by atoms with Gasteiger partial charge in [-0.25, -0.2) is 13.1 Å². The Morgan fingerprint density at radius 1 is 1.33 bits per heavy atom. The van der Waals surface area contributed by atoms with Crippen LogP contribution in [0, 0.1) is 5.41 Å². The van der Waals surface area contributed by atoms with Gasteiger partial charge in [0.25, 0.3) is 5.91 Å². The summed E-state index contributed by atoms with van der Waals surface area (Å²) in [7, 11) is -3.67. The van der Waals surface area contributed by atoms with Crippen molar-refractivity contribution in [1.82, 2.24) is 9.62 Å². The highest BCUT2D eigenvalue weighted by atomic mass is 32.2. The molecule has 2 N–H and O–H groups in total. The van der Waals surface area contributed by atoms with Crippen molar-refractivity contribution in [3.63, 3.8) is 0 Å². The summed E-state index contributed by atoms with van der Waals surface area (Å²) in [5.41, 5.74) is -0.603. The van der Waals surface area contributed by atoms with Crippen molar-refractivity contribution in [3.8, 4) is 0 Å². The first-order valence-corrected chi connectivity index (χ1v) is 10.4. The molecule has 2 atom stereocenters. The van der Waals surface area contributed by atoms with E-state index in [0.29, 0.717) is 25.1 Å². The van der Waals surface area contributed by atoms with Crippen LogP contribution in [0.3, 0.4) is 0 Å². The van der Waals surface area contributed by atoms with Gasteiger partial charge in [-0.1, -0.05) is 0 Å². The second kappa shape index (κ2) is 7.57. The summed E-state index contributed by atoms with van der Waals surface area (Å²) in [6, 6.07) is 5.69. The Hall–Kier alpha value is -1.97. The molecule has 1 aromatic rings. The third-order valence-electron chi connectivity index (χ3n) is 5.21. The zero-order valence-electron chi connectivity index (χ0n) is 15.2. The van der Waals surface area contributed by atoms with Crippen molar-refractivity contribution in [3.05, 3.63) is 29.8 Å². The third kappa shape index (κ3) is 4.31. The summed E-state index contributed by atoms with van der Waals surface area (Å²) in [6.07, 6.45) is 2.06. The zero-order chi connectivity index (χ0) is 19.7. The molecule has 0 saturated carbocycles. The monoisotopic (exact) mass is 396 g/mol. The van der Waals surface area contributed by atoms with E-state index in [0.717, 1.165) is 12.8 Å². The maximum Gasteiger partial charge on any atom is 0.311 e. The molecule has 9 heteroatoms. The number of benzene rings is 1. The van der Waals surface area contributed by atoms with E-state index in [1.807, 2.05) is 0 Å². The third-order valence-corrected chi connectivity index (χ3v) is 6.65. The summed E-state index contributed by atoms with van der Waals surface area (Å²) in [6.45, 7) is 3.01. The van der Waals surface area contributed by atoms with Crippen molar-refractivity contribution in [2.75, 3.05) is 26.2 Å². The maximum absolute atomic E-state index is 12.6. The molecule has 148 valence electrons. The standard InChI is InChI=1S/C18H24N2O6S/c1-18(17(22)23)8-9-20(12-18)16(21)13-4-6-15(7-5-13)27(24,25)19-11-14-3-2-10-26-14/h4-7,14,19H,2-3,8-12H2,1H3,(H,22,23). The molecule has 2 aliphatic rings. The number of amides is 1. The highest BCUT2D eigenvalue weighted by molar-refractivity contribution is 7.89. The van der Waals surface area contributed by atoms with Crippen LogP contribution in [0.1, 0.15) is 36.5 Å². The van der Waals surface area contributed by atoms with Crippen LogP contribution >= 0.6 is 0 Å². The van der Waals surface area contributed by atoms with E-state index in [4.69, 9.17) is 4.74 Å². The van der Waals surface area contributed by atoms with E-state index in [2.05, 4.69) is 4.72 Å². The van der Waals surface area contributed by atoms with Crippen LogP contribution in [-0.2, 0) is 19.6 Å². The first kappa shape index (κ1) is 19.8. The number of aliphatic carboxylic acids is 1. The predicted molar refractivity (Wildman–Crippen MR) is 96.9 cm³/mol. The molecule has 0 spiro atoms. The molecular weight excluding hydrogens is 372 g/mol. The number of rotatable bonds is 6. The Morgan fingerprint density at radius 2 is 2.04 bits per heavy atom. The van der Waals surface area contributed by atoms with Crippen LogP contribution in [0.5, 0.6) is 0 Å². The molecule has 8 nitrogen and oxygen atoms in total. The molecule has 0 bridgehead atoms. The summed E-state index contributed by atoms with van der Waals surface area (Å²) >= 11 is 0. The Bertz CT molecular complexity index is 817. The Labute approximate surface area is 158 Å². The Kier molecular flexibility index (Phi) is 5.55. The molecule has 27 heavy (non-hydrogen) atoms. The average molecular weight is 396 g/mol. The van der Waals surface area contributed by atoms with Crippen LogP contribution in [0.4, 0.5) is 0 Å². The number of carbonyl (C=O) groups excluding carboxylic acids is 1. The van der Waals surface area contributed by atoms with Crippen LogP contribution in [0.25, 0.3) is 0 Å². The van der Waals surface area contributed by atoms with Crippen LogP contribution in [-0.4, -0.2) is 62.6 Å². The highest BCUT2D eigenvalue weighted by Gasteiger charge is 2.42. The minimum Gasteiger partial charge on any atom is -0.481 e. The van der Waals surface area contributed by atoms with Crippen LogP contribution in [0.2, 0.25) is 0 Å². The normalized spacial score (nSPS) is 25.7. The molecular formula is C18H24N2O6S. The lowest BCUT2D eigenvalue weighted by Crippen LogP contribution is -2.35. The number of carboxylic acid groups (broad SMARTS) is 1. The van der Waals surface area contributed by atoms with E-state index >= 15 is 0 Å². The maximum atomic E-state index is 12.6. The van der Waals surface area contributed by atoms with Gasteiger partial charge >= 0.3 is 5.97 Å². The fraction of sp³-hybridized carbons (Fsp3) is 0.556. The van der Waals surface area contributed by atoms with E-state index in [-0.39, 0.29) is 30.0 Å². The summed E-state index contributed by atoms with van der Waals surface area (Å²) in [5.74, 6) is -1.22. The number of sulfonamides is 1. The molecule has 2 saturated heterocycles. The summed E-state index contributed by atoms with van der Waals surface area (Å²) in [4.78, 5) is 25.5. The molecule has 1 amide bonds. The molecule has 2 unspecified atom stereocenters. The van der Waals surface area contributed by atoms with Crippen LogP contribution in [0.15, 0.2) is 29.2 Å². The summed E-state index contributed by atoms with van der Waals surface area (Å²) in [5, 5.41) is 9.28. The number of nitrogens with one attached hydrogen (secondary N) is 1. The van der Waals surface area contributed by atoms with Gasteiger partial charge in [0.05, 0.1) is 16.4 Å². The van der Waals surface area contributed by atoms with Gasteiger partial charge < -0.3 is 14.7 Å². The average Bonchev–Trinajstić information content (AvgIpc) is 3.30. The van der Waals surface area contributed by atoms with Crippen molar-refractivity contribution >= 4 is 21.9 Å². The fourth-order valence-electron chi connectivity index (χ4n) is 3.36. The Balaban J connectivity index is 1.64. The van der Waals surface area contributed by atoms with Gasteiger partial charge in [0.15, 0.2) is 0 Å². The smallest absolute Gasteiger partial charge is 0.311 e. The van der Waals surface area contributed by atoms with Gasteiger partial charge in [-0.15, -0.1) is 0 Å². The van der Waals surface area contributed by atoms with Gasteiger partial charge in [0, 0.05) is 31.8 Å². The number of likely N-dealkylation sites (tertiary alicyclic amines) is 1. The van der Waals surface area contributed by atoms with E-state index in [9.17, 15) is 23.1 Å². The first-order valence-electron chi connectivity index (χ1n) is 8.95. The van der Waals surface area contributed by atoms with Gasteiger partial charge in [0.1, 0.15) is 0 Å². The minimum absolute atomic E-state index is 0.0776. The molecule has 2 heterocycles. The van der Waals surface area contributed by atoms with E-state index in [1.165, 1.54) is 29.2 Å². The minimum atomic E-state index is -3.67. The second-order valence-corrected chi connectivity index (χ2v) is 9.12. The largest absolute Gasteiger partial charge is 0.481 e. The quantitative estimate of drug-likeness (QED) is 0.744. The topological polar surface area (TPSA) is 113 Å². The Morgan fingerprint density at radius 3 is 2.59 bits per heavy atom. The summed E-state index contributed by atoms with van der Waals surface area (Å²) < 4.78 is 32.7. The molecule has 0 aromatic heterocycles. The van der Waals surface area contributed by atoms with E-state index in [1.54, 1.807) is 6.92 Å². The predicted octanol–water partition coefficient (Wildman–Crippen LogP) is 1.08. The van der Waals surface area contributed by atoms with Crippen LogP contribution < -0.4 is 4.72 Å². The van der Waals surface area contributed by atoms with Crippen molar-refractivity contribution in [2.45, 2.75) is 37.2 Å². The van der Waals surface area contributed by atoms with Crippen molar-refractivity contribution in [1.29, 1.82) is 0 Å². The first-order chi connectivity index (χ1) is 12.7. The number of carboxylic acids is 1. The number of nitrogens with zero attached hydrogens (tertiary/aromatic N) is 1. The number of hydrogen-bond acceptors (Lipinski definition) is 5. The number of carbonyl (C=O) groups is 2. The number of ether oxygens (including phenoxy) is 1. The molecule has 1 aromatic carbocycles. The van der Waals surface area contributed by atoms with Crippen molar-refractivity contribution < 1.29 is 27.9 Å². The second-order valence-electron chi connectivity index (χ2n) is 7.35. The fourth-order valence-corrected chi connectivity index (χ4v) is 4.43.